The molecule has 0 aromatic heterocycles. The summed E-state index contributed by atoms with van der Waals surface area (Å²) in [5.41, 5.74) is 0. The van der Waals surface area contributed by atoms with Crippen molar-refractivity contribution >= 4 is 5.91 Å². The number of hydrogen-bond acceptors (Lipinski definition) is 11. The molecular formula is C25H48N2O10. The number of rotatable bonds is 15. The van der Waals surface area contributed by atoms with Crippen LogP contribution in [0.25, 0.3) is 0 Å². The van der Waals surface area contributed by atoms with Crippen LogP contribution in [-0.2, 0) is 14.3 Å². The first-order valence-corrected chi connectivity index (χ1v) is 13.5. The third-order valence-corrected chi connectivity index (χ3v) is 7.53. The van der Waals surface area contributed by atoms with Crippen LogP contribution in [0.5, 0.6) is 0 Å². The molecular weight excluding hydrogens is 488 g/mol. The van der Waals surface area contributed by atoms with E-state index in [1.54, 1.807) is 14.0 Å². The topological polar surface area (TPSA) is 192 Å². The van der Waals surface area contributed by atoms with Gasteiger partial charge in [-0.25, -0.2) is 0 Å². The van der Waals surface area contributed by atoms with Gasteiger partial charge in [-0.3, -0.25) is 4.79 Å². The van der Waals surface area contributed by atoms with Gasteiger partial charge in [0.15, 0.2) is 0 Å². The van der Waals surface area contributed by atoms with E-state index in [4.69, 9.17) is 9.47 Å². The van der Waals surface area contributed by atoms with Gasteiger partial charge < -0.3 is 55.4 Å². The van der Waals surface area contributed by atoms with Crippen molar-refractivity contribution in [1.29, 1.82) is 0 Å². The number of unbranched alkanes of at least 4 members (excludes halogenated alkanes) is 2. The predicted molar refractivity (Wildman–Crippen MR) is 134 cm³/mol. The van der Waals surface area contributed by atoms with Gasteiger partial charge in [-0.05, 0) is 65.1 Å². The predicted octanol–water partition coefficient (Wildman–Crippen LogP) is -2.13. The summed E-state index contributed by atoms with van der Waals surface area (Å²) in [6.45, 7) is 3.37. The van der Waals surface area contributed by atoms with E-state index in [0.717, 1.165) is 25.8 Å². The normalized spacial score (nSPS) is 36.6. The Balaban J connectivity index is 1.84. The molecule has 10 atom stereocenters. The van der Waals surface area contributed by atoms with E-state index in [2.05, 4.69) is 10.2 Å². The lowest BCUT2D eigenvalue weighted by Gasteiger charge is -2.40. The van der Waals surface area contributed by atoms with E-state index in [1.165, 1.54) is 0 Å². The van der Waals surface area contributed by atoms with E-state index >= 15 is 0 Å². The molecule has 2 rings (SSSR count). The molecule has 2 fully saturated rings. The van der Waals surface area contributed by atoms with Gasteiger partial charge in [-0.2, -0.15) is 0 Å². The van der Waals surface area contributed by atoms with Crippen molar-refractivity contribution in [3.05, 3.63) is 0 Å². The van der Waals surface area contributed by atoms with Gasteiger partial charge in [0.05, 0.1) is 24.9 Å². The minimum atomic E-state index is -1.38. The first-order valence-electron chi connectivity index (χ1n) is 13.5. The fraction of sp³-hybridized carbons (Fsp3) is 0.960. The second-order valence-corrected chi connectivity index (χ2v) is 10.3. The van der Waals surface area contributed by atoms with Crippen LogP contribution in [0.3, 0.4) is 0 Å². The summed E-state index contributed by atoms with van der Waals surface area (Å²) in [5.74, 6) is 0.0176. The number of nitrogens with one attached hydrogen (secondary N) is 1. The second kappa shape index (κ2) is 16.2. The van der Waals surface area contributed by atoms with Gasteiger partial charge >= 0.3 is 0 Å². The number of aliphatic hydroxyl groups is 7. The number of hydrogen-bond donors (Lipinski definition) is 8. The highest BCUT2D eigenvalue weighted by atomic mass is 16.5. The zero-order valence-electron chi connectivity index (χ0n) is 22.1. The summed E-state index contributed by atoms with van der Waals surface area (Å²) in [4.78, 5) is 13.7. The molecule has 0 unspecified atom stereocenters. The third kappa shape index (κ3) is 9.64. The Kier molecular flexibility index (Phi) is 14.2. The SMILES string of the molecule is CNC(=O)CCCCCN(CCC[C@@H]1O[C@@H](C)[C@@H](O)[C@@H](O)[C@@H]1O)CCC[C@H]1O[C@H](CO)[C@@H](O)[C@H](O)[C@@H]1O. The smallest absolute Gasteiger partial charge is 0.219 e. The van der Waals surface area contributed by atoms with Gasteiger partial charge in [0.1, 0.15) is 42.7 Å². The molecule has 12 heteroatoms. The van der Waals surface area contributed by atoms with E-state index in [1.807, 2.05) is 0 Å². The van der Waals surface area contributed by atoms with Crippen molar-refractivity contribution in [1.82, 2.24) is 10.2 Å². The van der Waals surface area contributed by atoms with Crippen molar-refractivity contribution in [2.75, 3.05) is 33.3 Å². The minimum Gasteiger partial charge on any atom is -0.394 e. The Labute approximate surface area is 219 Å². The number of aliphatic hydroxyl groups excluding tert-OH is 7. The molecule has 218 valence electrons. The largest absolute Gasteiger partial charge is 0.394 e. The molecule has 0 spiro atoms. The van der Waals surface area contributed by atoms with Crippen LogP contribution in [0, 0.1) is 0 Å². The first kappa shape index (κ1) is 32.3. The molecule has 0 aliphatic carbocycles. The Bertz CT molecular complexity index is 657. The molecule has 12 nitrogen and oxygen atoms in total. The average molecular weight is 537 g/mol. The van der Waals surface area contributed by atoms with E-state index in [-0.39, 0.29) is 5.91 Å². The highest BCUT2D eigenvalue weighted by Crippen LogP contribution is 2.25. The minimum absolute atomic E-state index is 0.0176. The molecule has 0 bridgehead atoms. The lowest BCUT2D eigenvalue weighted by atomic mass is 9.92. The summed E-state index contributed by atoms with van der Waals surface area (Å²) < 4.78 is 11.3. The molecule has 2 heterocycles. The van der Waals surface area contributed by atoms with E-state index < -0.39 is 67.6 Å². The summed E-state index contributed by atoms with van der Waals surface area (Å²) in [7, 11) is 1.62. The summed E-state index contributed by atoms with van der Waals surface area (Å²) in [5, 5.41) is 72.5. The van der Waals surface area contributed by atoms with Gasteiger partial charge in [-0.1, -0.05) is 6.42 Å². The van der Waals surface area contributed by atoms with Crippen LogP contribution >= 0.6 is 0 Å². The second-order valence-electron chi connectivity index (χ2n) is 10.3. The first-order chi connectivity index (χ1) is 17.6. The molecule has 0 radical (unpaired) electrons. The molecule has 2 saturated heterocycles. The fourth-order valence-electron chi connectivity index (χ4n) is 5.08. The standard InChI is InChI=1S/C25H48N2O10/c1-15-20(30)24(34)21(31)16(36-15)8-6-12-27(11-5-3-4-10-19(29)26-2)13-7-9-17-22(32)25(35)23(33)18(14-28)37-17/h15-18,20-25,28,30-35H,3-14H2,1-2H3,(H,26,29)/t15-,16-,17+,18+,20+,21+,22+,23+,24+,25+/m0/s1. The molecule has 1 amide bonds. The fourth-order valence-corrected chi connectivity index (χ4v) is 5.08. The molecule has 8 N–H and O–H groups in total. The molecule has 0 aromatic rings. The maximum atomic E-state index is 11.4. The van der Waals surface area contributed by atoms with Crippen molar-refractivity contribution < 1.29 is 50.0 Å². The van der Waals surface area contributed by atoms with Crippen LogP contribution in [-0.4, -0.2) is 141 Å². The van der Waals surface area contributed by atoms with Crippen LogP contribution in [0.2, 0.25) is 0 Å². The third-order valence-electron chi connectivity index (χ3n) is 7.53. The molecule has 2 aliphatic heterocycles. The monoisotopic (exact) mass is 536 g/mol. The summed E-state index contributed by atoms with van der Waals surface area (Å²) in [6.07, 6.45) is -4.97. The lowest BCUT2D eigenvalue weighted by molar-refractivity contribution is -0.230. The highest BCUT2D eigenvalue weighted by molar-refractivity contribution is 5.75. The maximum Gasteiger partial charge on any atom is 0.219 e. The Morgan fingerprint density at radius 2 is 1.22 bits per heavy atom. The Hall–Kier alpha value is -0.930. The molecule has 0 saturated carbocycles. The lowest BCUT2D eigenvalue weighted by Crippen LogP contribution is -2.58. The molecule has 37 heavy (non-hydrogen) atoms. The van der Waals surface area contributed by atoms with E-state index in [9.17, 15) is 40.5 Å². The van der Waals surface area contributed by atoms with Gasteiger partial charge in [-0.15, -0.1) is 0 Å². The number of amides is 1. The van der Waals surface area contributed by atoms with Gasteiger partial charge in [0.2, 0.25) is 5.91 Å². The number of carbonyl (C=O) groups is 1. The zero-order chi connectivity index (χ0) is 27.5. The van der Waals surface area contributed by atoms with Gasteiger partial charge in [0, 0.05) is 13.5 Å². The molecule has 2 aliphatic rings. The van der Waals surface area contributed by atoms with Crippen LogP contribution in [0.4, 0.5) is 0 Å². The van der Waals surface area contributed by atoms with Crippen molar-refractivity contribution in [2.45, 2.75) is 119 Å². The Morgan fingerprint density at radius 3 is 1.78 bits per heavy atom. The Morgan fingerprint density at radius 1 is 0.703 bits per heavy atom. The number of carbonyl (C=O) groups excluding carboxylic acids is 1. The van der Waals surface area contributed by atoms with Crippen LogP contribution in [0.1, 0.15) is 58.3 Å². The summed E-state index contributed by atoms with van der Waals surface area (Å²) in [6, 6.07) is 0. The van der Waals surface area contributed by atoms with E-state index in [0.29, 0.717) is 45.2 Å². The highest BCUT2D eigenvalue weighted by Gasteiger charge is 2.43. The zero-order valence-corrected chi connectivity index (χ0v) is 22.1. The number of nitrogens with zero attached hydrogens (tertiary/aromatic N) is 1. The van der Waals surface area contributed by atoms with Crippen molar-refractivity contribution in [3.63, 3.8) is 0 Å². The van der Waals surface area contributed by atoms with Crippen molar-refractivity contribution in [2.24, 2.45) is 0 Å². The summed E-state index contributed by atoms with van der Waals surface area (Å²) >= 11 is 0. The quantitative estimate of drug-likeness (QED) is 0.107. The maximum absolute atomic E-state index is 11.4. The van der Waals surface area contributed by atoms with Crippen LogP contribution in [0.15, 0.2) is 0 Å². The molecule has 0 aromatic carbocycles. The number of ether oxygens (including phenoxy) is 2. The van der Waals surface area contributed by atoms with Gasteiger partial charge in [0.25, 0.3) is 0 Å². The van der Waals surface area contributed by atoms with Crippen molar-refractivity contribution in [3.8, 4) is 0 Å². The average Bonchev–Trinajstić information content (AvgIpc) is 2.89. The van der Waals surface area contributed by atoms with Crippen LogP contribution < -0.4 is 5.32 Å².